The van der Waals surface area contributed by atoms with Crippen LogP contribution in [-0.2, 0) is 9.59 Å². The first-order valence-electron chi connectivity index (χ1n) is 4.92. The monoisotopic (exact) mass is 216 g/mol. The van der Waals surface area contributed by atoms with E-state index in [1.54, 1.807) is 0 Å². The molecule has 0 fully saturated rings. The number of carboxylic acid groups (broad SMARTS) is 1. The molecule has 0 aliphatic carbocycles. The zero-order valence-corrected chi connectivity index (χ0v) is 9.70. The molecule has 0 aromatic carbocycles. The van der Waals surface area contributed by atoms with Gasteiger partial charge in [-0.3, -0.25) is 9.59 Å². The summed E-state index contributed by atoms with van der Waals surface area (Å²) >= 11 is 0. The zero-order valence-electron chi connectivity index (χ0n) is 9.70. The molecule has 0 heterocycles. The molecule has 0 rings (SSSR count). The first kappa shape index (κ1) is 13.9. The molecule has 5 nitrogen and oxygen atoms in total. The Morgan fingerprint density at radius 2 is 1.87 bits per heavy atom. The molecule has 0 aromatic rings. The lowest BCUT2D eigenvalue weighted by molar-refractivity contribution is -0.141. The van der Waals surface area contributed by atoms with Crippen molar-refractivity contribution in [2.75, 3.05) is 6.54 Å². The van der Waals surface area contributed by atoms with E-state index in [1.807, 2.05) is 20.8 Å². The van der Waals surface area contributed by atoms with Crippen molar-refractivity contribution in [1.29, 1.82) is 0 Å². The van der Waals surface area contributed by atoms with Crippen LogP contribution in [-0.4, -0.2) is 29.6 Å². The number of rotatable bonds is 4. The van der Waals surface area contributed by atoms with E-state index in [0.717, 1.165) is 0 Å². The van der Waals surface area contributed by atoms with Gasteiger partial charge in [0.2, 0.25) is 5.91 Å². The second-order valence-corrected chi connectivity index (χ2v) is 4.83. The van der Waals surface area contributed by atoms with Crippen molar-refractivity contribution >= 4 is 11.9 Å². The topological polar surface area (TPSA) is 92.4 Å². The number of nitrogens with two attached hydrogens (primary N) is 1. The van der Waals surface area contributed by atoms with Crippen molar-refractivity contribution in [2.45, 2.75) is 33.7 Å². The van der Waals surface area contributed by atoms with E-state index >= 15 is 0 Å². The summed E-state index contributed by atoms with van der Waals surface area (Å²) in [6.45, 7) is 7.22. The van der Waals surface area contributed by atoms with Crippen molar-refractivity contribution in [3.63, 3.8) is 0 Å². The van der Waals surface area contributed by atoms with E-state index in [-0.39, 0.29) is 17.9 Å². The van der Waals surface area contributed by atoms with Gasteiger partial charge < -0.3 is 16.2 Å². The summed E-state index contributed by atoms with van der Waals surface area (Å²) in [6, 6.07) is -0.626. The van der Waals surface area contributed by atoms with Gasteiger partial charge in [-0.05, 0) is 5.41 Å². The number of carboxylic acids is 1. The third kappa shape index (κ3) is 4.78. The second-order valence-electron chi connectivity index (χ2n) is 4.83. The Hall–Kier alpha value is -1.10. The molecule has 4 N–H and O–H groups in total. The highest BCUT2D eigenvalue weighted by atomic mass is 16.4. The highest BCUT2D eigenvalue weighted by molar-refractivity contribution is 5.82. The van der Waals surface area contributed by atoms with Gasteiger partial charge in [-0.1, -0.05) is 27.7 Å². The summed E-state index contributed by atoms with van der Waals surface area (Å²) in [4.78, 5) is 22.0. The first-order valence-corrected chi connectivity index (χ1v) is 4.92. The van der Waals surface area contributed by atoms with E-state index in [9.17, 15) is 9.59 Å². The Morgan fingerprint density at radius 3 is 2.20 bits per heavy atom. The van der Waals surface area contributed by atoms with E-state index in [4.69, 9.17) is 10.8 Å². The molecule has 1 unspecified atom stereocenters. The fraction of sp³-hybridized carbons (Fsp3) is 0.800. The summed E-state index contributed by atoms with van der Waals surface area (Å²) in [5, 5.41) is 11.1. The fourth-order valence-electron chi connectivity index (χ4n) is 0.844. The zero-order chi connectivity index (χ0) is 12.2. The highest BCUT2D eigenvalue weighted by Crippen LogP contribution is 2.17. The maximum absolute atomic E-state index is 11.5. The van der Waals surface area contributed by atoms with Crippen LogP contribution < -0.4 is 11.1 Å². The van der Waals surface area contributed by atoms with Gasteiger partial charge in [0.1, 0.15) is 0 Å². The van der Waals surface area contributed by atoms with E-state index in [0.29, 0.717) is 0 Å². The SMILES string of the molecule is CC(CNC(=O)[C@@H](N)C(C)(C)C)C(=O)O. The number of nitrogens with one attached hydrogen (secondary N) is 1. The van der Waals surface area contributed by atoms with Crippen LogP contribution in [0.15, 0.2) is 0 Å². The van der Waals surface area contributed by atoms with Gasteiger partial charge in [0.25, 0.3) is 0 Å². The standard InChI is InChI=1S/C10H20N2O3/c1-6(9(14)15)5-12-8(13)7(11)10(2,3)4/h6-7H,5,11H2,1-4H3,(H,12,13)(H,14,15)/t6?,7-/m1/s1. The lowest BCUT2D eigenvalue weighted by Crippen LogP contribution is -2.49. The van der Waals surface area contributed by atoms with Crippen LogP contribution in [0.3, 0.4) is 0 Å². The van der Waals surface area contributed by atoms with Crippen LogP contribution in [0.5, 0.6) is 0 Å². The summed E-state index contributed by atoms with van der Waals surface area (Å²) in [6.07, 6.45) is 0. The molecular formula is C10H20N2O3. The van der Waals surface area contributed by atoms with Crippen molar-refractivity contribution in [3.05, 3.63) is 0 Å². The first-order chi connectivity index (χ1) is 6.66. The number of hydrogen-bond donors (Lipinski definition) is 3. The largest absolute Gasteiger partial charge is 0.481 e. The Morgan fingerprint density at radius 1 is 1.40 bits per heavy atom. The lowest BCUT2D eigenvalue weighted by Gasteiger charge is -2.26. The molecule has 88 valence electrons. The van der Waals surface area contributed by atoms with E-state index in [1.165, 1.54) is 6.92 Å². The van der Waals surface area contributed by atoms with Gasteiger partial charge in [-0.2, -0.15) is 0 Å². The molecule has 0 aliphatic rings. The van der Waals surface area contributed by atoms with Crippen LogP contribution in [0.2, 0.25) is 0 Å². The van der Waals surface area contributed by atoms with Crippen LogP contribution >= 0.6 is 0 Å². The molecule has 2 atom stereocenters. The quantitative estimate of drug-likeness (QED) is 0.625. The molecule has 5 heteroatoms. The smallest absolute Gasteiger partial charge is 0.308 e. The Balaban J connectivity index is 4.11. The molecule has 15 heavy (non-hydrogen) atoms. The van der Waals surface area contributed by atoms with Crippen molar-refractivity contribution in [1.82, 2.24) is 5.32 Å². The van der Waals surface area contributed by atoms with Gasteiger partial charge in [0.15, 0.2) is 0 Å². The third-order valence-electron chi connectivity index (χ3n) is 2.22. The predicted molar refractivity (Wildman–Crippen MR) is 57.2 cm³/mol. The third-order valence-corrected chi connectivity index (χ3v) is 2.22. The average molecular weight is 216 g/mol. The fourth-order valence-corrected chi connectivity index (χ4v) is 0.844. The summed E-state index contributed by atoms with van der Waals surface area (Å²) in [5.41, 5.74) is 5.37. The van der Waals surface area contributed by atoms with Gasteiger partial charge in [-0.25, -0.2) is 0 Å². The van der Waals surface area contributed by atoms with E-state index in [2.05, 4.69) is 5.32 Å². The lowest BCUT2D eigenvalue weighted by atomic mass is 9.87. The predicted octanol–water partition coefficient (Wildman–Crippen LogP) is 0.197. The molecule has 0 spiro atoms. The highest BCUT2D eigenvalue weighted by Gasteiger charge is 2.27. The van der Waals surface area contributed by atoms with Crippen LogP contribution in [0.25, 0.3) is 0 Å². The van der Waals surface area contributed by atoms with Gasteiger partial charge in [-0.15, -0.1) is 0 Å². The number of carbonyl (C=O) groups is 2. The Bertz CT molecular complexity index is 246. The molecule has 0 saturated carbocycles. The maximum atomic E-state index is 11.5. The minimum Gasteiger partial charge on any atom is -0.481 e. The van der Waals surface area contributed by atoms with Crippen LogP contribution in [0.1, 0.15) is 27.7 Å². The van der Waals surface area contributed by atoms with E-state index < -0.39 is 17.9 Å². The number of hydrogen-bond acceptors (Lipinski definition) is 3. The minimum atomic E-state index is -0.931. The van der Waals surface area contributed by atoms with Crippen LogP contribution in [0, 0.1) is 11.3 Å². The molecule has 0 aliphatic heterocycles. The molecule has 0 saturated heterocycles. The maximum Gasteiger partial charge on any atom is 0.308 e. The van der Waals surface area contributed by atoms with Gasteiger partial charge in [0.05, 0.1) is 12.0 Å². The second kappa shape index (κ2) is 5.11. The number of aliphatic carboxylic acids is 1. The van der Waals surface area contributed by atoms with Crippen molar-refractivity contribution in [2.24, 2.45) is 17.1 Å². The molecule has 0 radical (unpaired) electrons. The summed E-state index contributed by atoms with van der Waals surface area (Å²) in [7, 11) is 0. The number of amides is 1. The van der Waals surface area contributed by atoms with Crippen molar-refractivity contribution < 1.29 is 14.7 Å². The van der Waals surface area contributed by atoms with Gasteiger partial charge in [0, 0.05) is 6.54 Å². The molecule has 0 bridgehead atoms. The Labute approximate surface area is 90.0 Å². The van der Waals surface area contributed by atoms with Crippen LogP contribution in [0.4, 0.5) is 0 Å². The average Bonchev–Trinajstić information content (AvgIpc) is 2.10. The molecule has 1 amide bonds. The van der Waals surface area contributed by atoms with Gasteiger partial charge >= 0.3 is 5.97 Å². The minimum absolute atomic E-state index is 0.109. The Kier molecular flexibility index (Phi) is 4.74. The molecular weight excluding hydrogens is 196 g/mol. The summed E-state index contributed by atoms with van der Waals surface area (Å²) < 4.78 is 0. The number of carbonyl (C=O) groups excluding carboxylic acids is 1. The normalized spacial score (nSPS) is 15.5. The van der Waals surface area contributed by atoms with Crippen molar-refractivity contribution in [3.8, 4) is 0 Å². The summed E-state index contributed by atoms with van der Waals surface area (Å²) in [5.74, 6) is -1.84. The molecule has 0 aromatic heterocycles.